The fourth-order valence-electron chi connectivity index (χ4n) is 1.66. The topological polar surface area (TPSA) is 46.2 Å². The van der Waals surface area contributed by atoms with E-state index in [1.165, 1.54) is 12.8 Å². The maximum atomic E-state index is 11.5. The van der Waals surface area contributed by atoms with E-state index in [0.717, 1.165) is 32.4 Å². The Morgan fingerprint density at radius 3 is 2.12 bits per heavy atom. The molecule has 100 valence electrons. The van der Waals surface area contributed by atoms with Gasteiger partial charge in [0.15, 0.2) is 0 Å². The standard InChI is InChI=1S/C14H27NO2/c1-3-4-11-15-12-7-10-14(17)9-6-5-8-13(2)16/h15H,3-12H2,1-2H3. The van der Waals surface area contributed by atoms with Crippen LogP contribution in [0.2, 0.25) is 0 Å². The van der Waals surface area contributed by atoms with E-state index in [2.05, 4.69) is 12.2 Å². The summed E-state index contributed by atoms with van der Waals surface area (Å²) in [6.45, 7) is 5.78. The molecule has 1 N–H and O–H groups in total. The molecule has 17 heavy (non-hydrogen) atoms. The molecule has 0 unspecified atom stereocenters. The Hall–Kier alpha value is -0.700. The lowest BCUT2D eigenvalue weighted by molar-refractivity contribution is -0.120. The summed E-state index contributed by atoms with van der Waals surface area (Å²) in [7, 11) is 0. The predicted molar refractivity (Wildman–Crippen MR) is 71.2 cm³/mol. The van der Waals surface area contributed by atoms with E-state index >= 15 is 0 Å². The van der Waals surface area contributed by atoms with Crippen LogP contribution in [0.3, 0.4) is 0 Å². The minimum absolute atomic E-state index is 0.220. The van der Waals surface area contributed by atoms with Crippen molar-refractivity contribution in [3.63, 3.8) is 0 Å². The molecule has 3 nitrogen and oxygen atoms in total. The fourth-order valence-corrected chi connectivity index (χ4v) is 1.66. The molecule has 0 aliphatic heterocycles. The van der Waals surface area contributed by atoms with Crippen molar-refractivity contribution in [2.24, 2.45) is 0 Å². The van der Waals surface area contributed by atoms with Crippen LogP contribution in [0.4, 0.5) is 0 Å². The lowest BCUT2D eigenvalue weighted by atomic mass is 10.1. The fraction of sp³-hybridized carbons (Fsp3) is 0.857. The lowest BCUT2D eigenvalue weighted by Gasteiger charge is -2.03. The van der Waals surface area contributed by atoms with Crippen molar-refractivity contribution in [2.75, 3.05) is 13.1 Å². The molecular weight excluding hydrogens is 214 g/mol. The first kappa shape index (κ1) is 16.3. The maximum Gasteiger partial charge on any atom is 0.132 e. The smallest absolute Gasteiger partial charge is 0.132 e. The van der Waals surface area contributed by atoms with E-state index in [1.807, 2.05) is 0 Å². The summed E-state index contributed by atoms with van der Waals surface area (Å²) in [5.41, 5.74) is 0. The Kier molecular flexibility index (Phi) is 11.3. The monoisotopic (exact) mass is 241 g/mol. The lowest BCUT2D eigenvalue weighted by Crippen LogP contribution is -2.17. The van der Waals surface area contributed by atoms with Crippen molar-refractivity contribution in [1.82, 2.24) is 5.32 Å². The van der Waals surface area contributed by atoms with E-state index in [-0.39, 0.29) is 5.78 Å². The zero-order chi connectivity index (χ0) is 12.9. The van der Waals surface area contributed by atoms with Gasteiger partial charge in [0.2, 0.25) is 0 Å². The second-order valence-electron chi connectivity index (χ2n) is 4.65. The van der Waals surface area contributed by atoms with Crippen molar-refractivity contribution in [3.05, 3.63) is 0 Å². The summed E-state index contributed by atoms with van der Waals surface area (Å²) in [5.74, 6) is 0.559. The summed E-state index contributed by atoms with van der Waals surface area (Å²) < 4.78 is 0. The first-order chi connectivity index (χ1) is 8.16. The van der Waals surface area contributed by atoms with E-state index in [9.17, 15) is 9.59 Å². The molecular formula is C14H27NO2. The number of hydrogen-bond donors (Lipinski definition) is 1. The van der Waals surface area contributed by atoms with Gasteiger partial charge in [0.1, 0.15) is 11.6 Å². The number of carbonyl (C=O) groups excluding carboxylic acids is 2. The number of hydrogen-bond acceptors (Lipinski definition) is 3. The highest BCUT2D eigenvalue weighted by molar-refractivity contribution is 5.78. The van der Waals surface area contributed by atoms with Gasteiger partial charge in [-0.25, -0.2) is 0 Å². The number of rotatable bonds is 12. The predicted octanol–water partition coefficient (Wildman–Crippen LogP) is 2.87. The second kappa shape index (κ2) is 11.8. The first-order valence-corrected chi connectivity index (χ1v) is 6.88. The third-order valence-electron chi connectivity index (χ3n) is 2.75. The second-order valence-corrected chi connectivity index (χ2v) is 4.65. The molecule has 0 aromatic heterocycles. The number of carbonyl (C=O) groups is 2. The molecule has 0 saturated carbocycles. The number of ketones is 2. The highest BCUT2D eigenvalue weighted by Crippen LogP contribution is 2.04. The van der Waals surface area contributed by atoms with Crippen LogP contribution in [0.15, 0.2) is 0 Å². The third-order valence-corrected chi connectivity index (χ3v) is 2.75. The molecule has 0 atom stereocenters. The zero-order valence-corrected chi connectivity index (χ0v) is 11.4. The Morgan fingerprint density at radius 1 is 0.882 bits per heavy atom. The summed E-state index contributed by atoms with van der Waals surface area (Å²) in [4.78, 5) is 22.2. The van der Waals surface area contributed by atoms with Gasteiger partial charge in [-0.2, -0.15) is 0 Å². The van der Waals surface area contributed by atoms with Gasteiger partial charge >= 0.3 is 0 Å². The first-order valence-electron chi connectivity index (χ1n) is 6.88. The Bertz CT molecular complexity index is 214. The van der Waals surface area contributed by atoms with Crippen molar-refractivity contribution < 1.29 is 9.59 Å². The molecule has 0 fully saturated rings. The summed E-state index contributed by atoms with van der Waals surface area (Å²) >= 11 is 0. The largest absolute Gasteiger partial charge is 0.317 e. The van der Waals surface area contributed by atoms with E-state index in [0.29, 0.717) is 25.0 Å². The molecule has 0 rings (SSSR count). The van der Waals surface area contributed by atoms with Crippen LogP contribution in [-0.4, -0.2) is 24.7 Å². The van der Waals surface area contributed by atoms with Crippen molar-refractivity contribution >= 4 is 11.6 Å². The molecule has 0 radical (unpaired) electrons. The molecule has 0 aliphatic rings. The van der Waals surface area contributed by atoms with Gasteiger partial charge in [-0.3, -0.25) is 4.79 Å². The van der Waals surface area contributed by atoms with Crippen LogP contribution in [0, 0.1) is 0 Å². The molecule has 0 bridgehead atoms. The maximum absolute atomic E-state index is 11.5. The molecule has 0 heterocycles. The Labute approximate surface area is 105 Å². The van der Waals surface area contributed by atoms with E-state index in [4.69, 9.17) is 0 Å². The third kappa shape index (κ3) is 13.2. The molecule has 0 amide bonds. The minimum Gasteiger partial charge on any atom is -0.317 e. The number of nitrogens with one attached hydrogen (secondary N) is 1. The van der Waals surface area contributed by atoms with Gasteiger partial charge in [0.25, 0.3) is 0 Å². The molecule has 0 spiro atoms. The number of Topliss-reactive ketones (excluding diaryl/α,β-unsaturated/α-hetero) is 2. The van der Waals surface area contributed by atoms with Crippen molar-refractivity contribution in [1.29, 1.82) is 0 Å². The van der Waals surface area contributed by atoms with E-state index < -0.39 is 0 Å². The van der Waals surface area contributed by atoms with Gasteiger partial charge in [-0.1, -0.05) is 13.3 Å². The highest BCUT2D eigenvalue weighted by atomic mass is 16.1. The Balaban J connectivity index is 3.20. The SMILES string of the molecule is CCCCNCCCC(=O)CCCCC(C)=O. The number of unbranched alkanes of at least 4 members (excludes halogenated alkanes) is 2. The van der Waals surface area contributed by atoms with Gasteiger partial charge in [0.05, 0.1) is 0 Å². The molecule has 3 heteroatoms. The van der Waals surface area contributed by atoms with Crippen molar-refractivity contribution in [3.8, 4) is 0 Å². The zero-order valence-electron chi connectivity index (χ0n) is 11.4. The van der Waals surface area contributed by atoms with Crippen LogP contribution >= 0.6 is 0 Å². The summed E-state index contributed by atoms with van der Waals surface area (Å²) in [6, 6.07) is 0. The highest BCUT2D eigenvalue weighted by Gasteiger charge is 2.02. The molecule has 0 aliphatic carbocycles. The molecule has 0 aromatic carbocycles. The summed E-state index contributed by atoms with van der Waals surface area (Å²) in [6.07, 6.45) is 7.01. The molecule has 0 saturated heterocycles. The molecule has 0 aromatic rings. The van der Waals surface area contributed by atoms with Crippen LogP contribution in [-0.2, 0) is 9.59 Å². The van der Waals surface area contributed by atoms with Gasteiger partial charge in [0, 0.05) is 19.3 Å². The van der Waals surface area contributed by atoms with Gasteiger partial charge < -0.3 is 10.1 Å². The average Bonchev–Trinajstić information content (AvgIpc) is 2.29. The van der Waals surface area contributed by atoms with Crippen LogP contribution in [0.1, 0.15) is 65.2 Å². The van der Waals surface area contributed by atoms with Crippen LogP contribution in [0.5, 0.6) is 0 Å². The van der Waals surface area contributed by atoms with Crippen molar-refractivity contribution in [2.45, 2.75) is 65.2 Å². The summed E-state index contributed by atoms with van der Waals surface area (Å²) in [5, 5.41) is 3.33. The Morgan fingerprint density at radius 2 is 1.47 bits per heavy atom. The van der Waals surface area contributed by atoms with Gasteiger partial charge in [-0.05, 0) is 45.7 Å². The quantitative estimate of drug-likeness (QED) is 0.534. The van der Waals surface area contributed by atoms with Gasteiger partial charge in [-0.15, -0.1) is 0 Å². The average molecular weight is 241 g/mol. The van der Waals surface area contributed by atoms with E-state index in [1.54, 1.807) is 6.92 Å². The van der Waals surface area contributed by atoms with Crippen LogP contribution in [0.25, 0.3) is 0 Å². The van der Waals surface area contributed by atoms with Crippen LogP contribution < -0.4 is 5.32 Å². The minimum atomic E-state index is 0.220. The normalized spacial score (nSPS) is 10.5.